The van der Waals surface area contributed by atoms with E-state index in [1.54, 1.807) is 0 Å². The molecule has 1 atom stereocenters. The lowest BCUT2D eigenvalue weighted by Gasteiger charge is -2.18. The maximum Gasteiger partial charge on any atom is 0.0761 e. The Morgan fingerprint density at radius 2 is 2.11 bits per heavy atom. The van der Waals surface area contributed by atoms with E-state index >= 15 is 0 Å². The van der Waals surface area contributed by atoms with Crippen molar-refractivity contribution in [1.29, 1.82) is 0 Å². The van der Waals surface area contributed by atoms with E-state index < -0.39 is 0 Å². The zero-order valence-electron chi connectivity index (χ0n) is 10.3. The second-order valence-electron chi connectivity index (χ2n) is 4.89. The van der Waals surface area contributed by atoms with Crippen molar-refractivity contribution >= 4 is 26.8 Å². The van der Waals surface area contributed by atoms with Crippen LogP contribution >= 0.6 is 15.9 Å². The first kappa shape index (κ1) is 12.1. The van der Waals surface area contributed by atoms with Gasteiger partial charge in [0.25, 0.3) is 0 Å². The van der Waals surface area contributed by atoms with Crippen molar-refractivity contribution in [2.75, 3.05) is 6.54 Å². The van der Waals surface area contributed by atoms with Crippen LogP contribution < -0.4 is 5.32 Å². The number of nitrogens with one attached hydrogen (secondary N) is 1. The fourth-order valence-corrected chi connectivity index (χ4v) is 3.19. The van der Waals surface area contributed by atoms with Gasteiger partial charge >= 0.3 is 0 Å². The van der Waals surface area contributed by atoms with Crippen LogP contribution in [0.2, 0.25) is 0 Å². The summed E-state index contributed by atoms with van der Waals surface area (Å²) in [6.07, 6.45) is 7.04. The van der Waals surface area contributed by atoms with Crippen LogP contribution in [-0.4, -0.2) is 11.5 Å². The third-order valence-electron chi connectivity index (χ3n) is 3.68. The number of benzene rings is 1. The van der Waals surface area contributed by atoms with Crippen molar-refractivity contribution in [2.24, 2.45) is 0 Å². The highest BCUT2D eigenvalue weighted by molar-refractivity contribution is 9.10. The molecule has 1 fully saturated rings. The minimum Gasteiger partial charge on any atom is -0.310 e. The van der Waals surface area contributed by atoms with Gasteiger partial charge in [0.1, 0.15) is 0 Å². The summed E-state index contributed by atoms with van der Waals surface area (Å²) in [5.41, 5.74) is 2.47. The number of pyridine rings is 1. The molecule has 0 aliphatic carbocycles. The van der Waals surface area contributed by atoms with Crippen molar-refractivity contribution in [1.82, 2.24) is 10.3 Å². The Morgan fingerprint density at radius 1 is 1.17 bits per heavy atom. The smallest absolute Gasteiger partial charge is 0.0761 e. The van der Waals surface area contributed by atoms with Gasteiger partial charge in [-0.15, -0.1) is 0 Å². The molecule has 0 amide bonds. The molecule has 0 spiro atoms. The molecule has 94 valence electrons. The topological polar surface area (TPSA) is 24.9 Å². The van der Waals surface area contributed by atoms with Gasteiger partial charge in [0.05, 0.1) is 5.52 Å². The van der Waals surface area contributed by atoms with Crippen LogP contribution in [0.4, 0.5) is 0 Å². The largest absolute Gasteiger partial charge is 0.310 e. The van der Waals surface area contributed by atoms with Crippen LogP contribution in [0.15, 0.2) is 34.9 Å². The summed E-state index contributed by atoms with van der Waals surface area (Å²) >= 11 is 3.61. The summed E-state index contributed by atoms with van der Waals surface area (Å²) in [6.45, 7) is 1.12. The molecular weight excluding hydrogens is 288 g/mol. The van der Waals surface area contributed by atoms with Crippen LogP contribution in [0.3, 0.4) is 0 Å². The lowest BCUT2D eigenvalue weighted by atomic mass is 9.99. The Labute approximate surface area is 116 Å². The molecule has 1 N–H and O–H groups in total. The number of hydrogen-bond donors (Lipinski definition) is 1. The highest BCUT2D eigenvalue weighted by Gasteiger charge is 2.17. The van der Waals surface area contributed by atoms with E-state index in [-0.39, 0.29) is 0 Å². The molecule has 2 aromatic rings. The third kappa shape index (κ3) is 2.29. The van der Waals surface area contributed by atoms with Gasteiger partial charge in [0.15, 0.2) is 0 Å². The molecule has 1 aromatic carbocycles. The van der Waals surface area contributed by atoms with E-state index in [4.69, 9.17) is 0 Å². The standard InChI is InChI=1S/C15H17BrN2/c16-13-8-7-12(14-6-2-1-3-9-17-14)15-11(13)5-4-10-18-15/h4-5,7-8,10,14,17H,1-3,6,9H2. The van der Waals surface area contributed by atoms with Crippen molar-refractivity contribution < 1.29 is 0 Å². The number of nitrogens with zero attached hydrogens (tertiary/aromatic N) is 1. The Bertz CT molecular complexity index is 545. The molecule has 1 saturated heterocycles. The predicted octanol–water partition coefficient (Wildman–Crippen LogP) is 4.20. The summed E-state index contributed by atoms with van der Waals surface area (Å²) in [5.74, 6) is 0. The summed E-state index contributed by atoms with van der Waals surface area (Å²) < 4.78 is 1.13. The van der Waals surface area contributed by atoms with Gasteiger partial charge in [-0.25, -0.2) is 0 Å². The van der Waals surface area contributed by atoms with Gasteiger partial charge in [0.2, 0.25) is 0 Å². The van der Waals surface area contributed by atoms with Crippen LogP contribution in [0.1, 0.15) is 37.3 Å². The summed E-state index contributed by atoms with van der Waals surface area (Å²) in [6, 6.07) is 8.94. The van der Waals surface area contributed by atoms with Gasteiger partial charge in [-0.1, -0.05) is 40.9 Å². The molecule has 2 heterocycles. The summed E-state index contributed by atoms with van der Waals surface area (Å²) in [4.78, 5) is 4.58. The lowest BCUT2D eigenvalue weighted by molar-refractivity contribution is 0.537. The van der Waals surface area contributed by atoms with Crippen molar-refractivity contribution in [3.05, 3.63) is 40.5 Å². The van der Waals surface area contributed by atoms with E-state index in [1.807, 2.05) is 12.3 Å². The Morgan fingerprint density at radius 3 is 3.06 bits per heavy atom. The fraction of sp³-hybridized carbons (Fsp3) is 0.400. The average Bonchev–Trinajstić information content (AvgIpc) is 2.68. The van der Waals surface area contributed by atoms with E-state index in [2.05, 4.69) is 44.4 Å². The normalized spacial score (nSPS) is 20.8. The number of fused-ring (bicyclic) bond motifs is 1. The Kier molecular flexibility index (Phi) is 3.62. The Hall–Kier alpha value is -0.930. The number of aromatic nitrogens is 1. The molecule has 18 heavy (non-hydrogen) atoms. The molecule has 0 radical (unpaired) electrons. The van der Waals surface area contributed by atoms with Crippen LogP contribution in [0.5, 0.6) is 0 Å². The average molecular weight is 305 g/mol. The molecule has 0 bridgehead atoms. The van der Waals surface area contributed by atoms with Gasteiger partial charge in [-0.2, -0.15) is 0 Å². The lowest BCUT2D eigenvalue weighted by Crippen LogP contribution is -2.20. The van der Waals surface area contributed by atoms with Crippen LogP contribution in [0.25, 0.3) is 10.9 Å². The van der Waals surface area contributed by atoms with Gasteiger partial charge in [-0.05, 0) is 37.1 Å². The monoisotopic (exact) mass is 304 g/mol. The first-order valence-corrected chi connectivity index (χ1v) is 7.42. The maximum absolute atomic E-state index is 4.58. The molecule has 1 aliphatic heterocycles. The van der Waals surface area contributed by atoms with E-state index in [9.17, 15) is 0 Å². The molecule has 0 saturated carbocycles. The molecule has 1 aromatic heterocycles. The second kappa shape index (κ2) is 5.37. The molecule has 1 unspecified atom stereocenters. The van der Waals surface area contributed by atoms with E-state index in [0.717, 1.165) is 16.5 Å². The number of hydrogen-bond acceptors (Lipinski definition) is 2. The zero-order valence-corrected chi connectivity index (χ0v) is 11.9. The molecule has 1 aliphatic rings. The molecular formula is C15H17BrN2. The van der Waals surface area contributed by atoms with Gasteiger partial charge in [0, 0.05) is 22.1 Å². The first-order chi connectivity index (χ1) is 8.86. The predicted molar refractivity (Wildman–Crippen MR) is 78.7 cm³/mol. The molecule has 3 rings (SSSR count). The highest BCUT2D eigenvalue weighted by atomic mass is 79.9. The maximum atomic E-state index is 4.58. The summed E-state index contributed by atoms with van der Waals surface area (Å²) in [7, 11) is 0. The van der Waals surface area contributed by atoms with Crippen LogP contribution in [-0.2, 0) is 0 Å². The minimum atomic E-state index is 0.456. The highest BCUT2D eigenvalue weighted by Crippen LogP contribution is 2.31. The van der Waals surface area contributed by atoms with Crippen molar-refractivity contribution in [3.63, 3.8) is 0 Å². The fourth-order valence-electron chi connectivity index (χ4n) is 2.73. The second-order valence-corrected chi connectivity index (χ2v) is 5.75. The third-order valence-corrected chi connectivity index (χ3v) is 4.37. The number of halogens is 1. The summed E-state index contributed by atoms with van der Waals surface area (Å²) in [5, 5.41) is 4.86. The van der Waals surface area contributed by atoms with Gasteiger partial charge in [-0.3, -0.25) is 4.98 Å². The van der Waals surface area contributed by atoms with Crippen LogP contribution in [0, 0.1) is 0 Å². The first-order valence-electron chi connectivity index (χ1n) is 6.63. The molecule has 3 heteroatoms. The SMILES string of the molecule is Brc1ccc(C2CCCCCN2)c2ncccc12. The van der Waals surface area contributed by atoms with E-state index in [0.29, 0.717) is 6.04 Å². The quantitative estimate of drug-likeness (QED) is 0.854. The molecule has 2 nitrogen and oxygen atoms in total. The van der Waals surface area contributed by atoms with E-state index in [1.165, 1.54) is 36.6 Å². The number of rotatable bonds is 1. The Balaban J connectivity index is 2.08. The minimum absolute atomic E-state index is 0.456. The zero-order chi connectivity index (χ0) is 12.4. The van der Waals surface area contributed by atoms with Gasteiger partial charge < -0.3 is 5.32 Å². The van der Waals surface area contributed by atoms with Crippen molar-refractivity contribution in [2.45, 2.75) is 31.7 Å². The van der Waals surface area contributed by atoms with Crippen molar-refractivity contribution in [3.8, 4) is 0 Å².